The van der Waals surface area contributed by atoms with E-state index in [-0.39, 0.29) is 32.8 Å². The third-order valence-corrected chi connectivity index (χ3v) is 8.85. The molecule has 6 fully saturated rings. The van der Waals surface area contributed by atoms with Crippen LogP contribution in [0.3, 0.4) is 0 Å². The first-order valence-electron chi connectivity index (χ1n) is 11.7. The number of nitrogens with zero attached hydrogens (tertiary/aromatic N) is 2. The smallest absolute Gasteiger partial charge is 0.326 e. The zero-order chi connectivity index (χ0) is 24.9. The Morgan fingerprint density at radius 3 is 2.06 bits per heavy atom. The fourth-order valence-corrected chi connectivity index (χ4v) is 6.75. The van der Waals surface area contributed by atoms with Gasteiger partial charge in [0, 0.05) is 12.8 Å². The number of aliphatic hydroxyl groups excluding tert-OH is 2. The summed E-state index contributed by atoms with van der Waals surface area (Å²) in [6.07, 6.45) is -4.68. The van der Waals surface area contributed by atoms with Crippen LogP contribution in [0.25, 0.3) is 0 Å². The largest absolute Gasteiger partial charge is 0.394 e. The van der Waals surface area contributed by atoms with Crippen molar-refractivity contribution in [1.82, 2.24) is 20.4 Å². The molecule has 14 nitrogen and oxygen atoms in total. The molecule has 5 heterocycles. The molecule has 35 heavy (non-hydrogen) atoms. The number of aliphatic hydroxyl groups is 2. The zero-order valence-corrected chi connectivity index (χ0v) is 19.2. The van der Waals surface area contributed by atoms with Gasteiger partial charge in [-0.25, -0.2) is 9.59 Å². The lowest BCUT2D eigenvalue weighted by atomic mass is 9.42. The first kappa shape index (κ1) is 23.1. The van der Waals surface area contributed by atoms with Gasteiger partial charge >= 0.3 is 12.1 Å². The molecule has 4 bridgehead atoms. The highest BCUT2D eigenvalue weighted by molar-refractivity contribution is 6.10. The molecule has 4 N–H and O–H groups in total. The van der Waals surface area contributed by atoms with Crippen molar-refractivity contribution in [3.63, 3.8) is 0 Å². The molecule has 1 saturated carbocycles. The number of hydrogen-bond acceptors (Lipinski definition) is 10. The van der Waals surface area contributed by atoms with Gasteiger partial charge in [-0.2, -0.15) is 0 Å². The molecular formula is C21H28N4O10. The summed E-state index contributed by atoms with van der Waals surface area (Å²) in [5, 5.41) is 25.1. The van der Waals surface area contributed by atoms with Crippen LogP contribution in [0, 0.1) is 10.8 Å². The van der Waals surface area contributed by atoms with Crippen molar-refractivity contribution in [2.75, 3.05) is 20.0 Å². The van der Waals surface area contributed by atoms with Gasteiger partial charge in [-0.1, -0.05) is 0 Å². The van der Waals surface area contributed by atoms with Crippen LogP contribution in [0.5, 0.6) is 0 Å². The molecule has 1 aliphatic carbocycles. The number of hydrogen-bond donors (Lipinski definition) is 4. The number of carbonyl (C=O) groups excluding carboxylic acids is 4. The summed E-state index contributed by atoms with van der Waals surface area (Å²) in [5.41, 5.74) is -2.80. The van der Waals surface area contributed by atoms with Crippen molar-refractivity contribution in [3.8, 4) is 0 Å². The number of rotatable bonds is 1. The molecular weight excluding hydrogens is 468 g/mol. The van der Waals surface area contributed by atoms with Gasteiger partial charge < -0.3 is 29.2 Å². The van der Waals surface area contributed by atoms with Gasteiger partial charge in [-0.3, -0.25) is 30.0 Å². The fraction of sp³-hybridized carbons (Fsp3) is 0.810. The third kappa shape index (κ3) is 2.80. The molecule has 0 spiro atoms. The molecule has 5 saturated heterocycles. The van der Waals surface area contributed by atoms with E-state index in [0.717, 1.165) is 0 Å². The van der Waals surface area contributed by atoms with Crippen LogP contribution in [0.1, 0.15) is 26.7 Å². The molecule has 14 heteroatoms. The number of fused-ring (bicyclic) bond motifs is 7. The zero-order valence-electron chi connectivity index (χ0n) is 19.2. The maximum atomic E-state index is 13.2. The highest BCUT2D eigenvalue weighted by atomic mass is 16.7. The van der Waals surface area contributed by atoms with Crippen LogP contribution in [0.4, 0.5) is 9.59 Å². The van der Waals surface area contributed by atoms with Gasteiger partial charge in [0.1, 0.15) is 31.5 Å². The van der Waals surface area contributed by atoms with Gasteiger partial charge in [0.15, 0.2) is 0 Å². The van der Waals surface area contributed by atoms with E-state index in [1.807, 2.05) is 0 Å². The minimum atomic E-state index is -1.40. The lowest BCUT2D eigenvalue weighted by molar-refractivity contribution is -0.243. The molecule has 5 aliphatic heterocycles. The Bertz CT molecular complexity index is 995. The Morgan fingerprint density at radius 1 is 0.914 bits per heavy atom. The van der Waals surface area contributed by atoms with Gasteiger partial charge in [0.25, 0.3) is 0 Å². The predicted molar refractivity (Wildman–Crippen MR) is 110 cm³/mol. The maximum absolute atomic E-state index is 13.2. The molecule has 6 aliphatic rings. The first-order valence-corrected chi connectivity index (χ1v) is 11.7. The fourth-order valence-electron chi connectivity index (χ4n) is 6.75. The van der Waals surface area contributed by atoms with Crippen LogP contribution in [-0.2, 0) is 28.5 Å². The Hall–Kier alpha value is -2.36. The maximum Gasteiger partial charge on any atom is 0.326 e. The average molecular weight is 496 g/mol. The monoisotopic (exact) mass is 496 g/mol. The van der Waals surface area contributed by atoms with Crippen molar-refractivity contribution in [3.05, 3.63) is 0 Å². The number of nitrogens with one attached hydrogen (secondary N) is 2. The summed E-state index contributed by atoms with van der Waals surface area (Å²) in [6.45, 7) is 2.62. The van der Waals surface area contributed by atoms with E-state index in [4.69, 9.17) is 18.9 Å². The minimum absolute atomic E-state index is 0.0110. The van der Waals surface area contributed by atoms with Crippen LogP contribution in [0.2, 0.25) is 0 Å². The Morgan fingerprint density at radius 2 is 1.49 bits per heavy atom. The van der Waals surface area contributed by atoms with Crippen molar-refractivity contribution in [2.24, 2.45) is 10.8 Å². The van der Waals surface area contributed by atoms with E-state index < -0.39 is 83.7 Å². The van der Waals surface area contributed by atoms with E-state index >= 15 is 0 Å². The number of urea groups is 2. The molecule has 6 amide bonds. The summed E-state index contributed by atoms with van der Waals surface area (Å²) in [4.78, 5) is 55.4. The van der Waals surface area contributed by atoms with Gasteiger partial charge in [-0.05, 0) is 13.8 Å². The highest BCUT2D eigenvalue weighted by Gasteiger charge is 2.82. The standard InChI is InChI=1S/C21H28N4O10/c1-20-14-15-21(20,2)17(29)23-19(31)25(15)13-4-9(10(5-26)34-13)33-7-32-6-11-8(27)3-12(35-11)24(14)18(30)22-16(20)28/h8-15,26-27H,3-7H2,1-2H3,(H,22,28,30)(H,23,29,31)/t8-,9-,10+,11+,12+,13+,14?,15?,20+,21-/m0/s1. The van der Waals surface area contributed by atoms with Crippen LogP contribution in [0.15, 0.2) is 0 Å². The lowest BCUT2D eigenvalue weighted by Gasteiger charge is -2.72. The van der Waals surface area contributed by atoms with Gasteiger partial charge in [0.05, 0.1) is 48.3 Å². The predicted octanol–water partition coefficient (Wildman–Crippen LogP) is -2.19. The van der Waals surface area contributed by atoms with Gasteiger partial charge in [-0.15, -0.1) is 0 Å². The van der Waals surface area contributed by atoms with Crippen molar-refractivity contribution in [1.29, 1.82) is 0 Å². The number of amides is 6. The molecule has 0 aromatic carbocycles. The Balaban J connectivity index is 1.48. The summed E-state index contributed by atoms with van der Waals surface area (Å²) in [5.74, 6) is -1.26. The van der Waals surface area contributed by atoms with Crippen LogP contribution in [-0.4, -0.2) is 113 Å². The molecule has 0 aromatic rings. The molecule has 10 atom stereocenters. The Kier molecular flexibility index (Phi) is 4.99. The molecule has 2 unspecified atom stereocenters. The lowest BCUT2D eigenvalue weighted by Crippen LogP contribution is -2.92. The molecule has 192 valence electrons. The molecule has 6 rings (SSSR count). The number of ether oxygens (including phenoxy) is 4. The van der Waals surface area contributed by atoms with Crippen molar-refractivity contribution in [2.45, 2.75) is 75.6 Å². The van der Waals surface area contributed by atoms with E-state index in [1.54, 1.807) is 13.8 Å². The third-order valence-electron chi connectivity index (χ3n) is 8.85. The second-order valence-corrected chi connectivity index (χ2v) is 10.3. The summed E-state index contributed by atoms with van der Waals surface area (Å²) >= 11 is 0. The van der Waals surface area contributed by atoms with E-state index in [1.165, 1.54) is 9.80 Å². The van der Waals surface area contributed by atoms with Crippen LogP contribution >= 0.6 is 0 Å². The minimum Gasteiger partial charge on any atom is -0.394 e. The van der Waals surface area contributed by atoms with Crippen molar-refractivity contribution >= 4 is 23.9 Å². The number of carbonyl (C=O) groups is 4. The van der Waals surface area contributed by atoms with E-state index in [9.17, 15) is 29.4 Å². The molecule has 0 radical (unpaired) electrons. The SMILES string of the molecule is C[C@]12C(=O)NC(=O)N3C1C1N(C(=O)NC(=O)[C@]12C)[C@H]1C[C@H](OCOC[C@H]2O[C@@H]3C[C@@H]2O)[C@@H](CO)O1. The second kappa shape index (κ2) is 7.57. The number of imide groups is 2. The van der Waals surface area contributed by atoms with E-state index in [0.29, 0.717) is 0 Å². The van der Waals surface area contributed by atoms with Crippen molar-refractivity contribution < 1.29 is 48.3 Å². The Labute approximate surface area is 199 Å². The molecule has 0 aromatic heterocycles. The first-order chi connectivity index (χ1) is 16.6. The van der Waals surface area contributed by atoms with Crippen LogP contribution < -0.4 is 10.6 Å². The topological polar surface area (TPSA) is 176 Å². The van der Waals surface area contributed by atoms with E-state index in [2.05, 4.69) is 10.6 Å². The second-order valence-electron chi connectivity index (χ2n) is 10.3. The van der Waals surface area contributed by atoms with Gasteiger partial charge in [0.2, 0.25) is 11.8 Å². The quantitative estimate of drug-likeness (QED) is 0.312. The summed E-state index contributed by atoms with van der Waals surface area (Å²) < 4.78 is 23.2. The normalized spacial score (nSPS) is 49.1. The highest BCUT2D eigenvalue weighted by Crippen LogP contribution is 2.64. The summed E-state index contributed by atoms with van der Waals surface area (Å²) in [6, 6.07) is -3.31. The summed E-state index contributed by atoms with van der Waals surface area (Å²) in [7, 11) is 0. The average Bonchev–Trinajstić information content (AvgIpc) is 3.38.